The Labute approximate surface area is 159 Å². The quantitative estimate of drug-likeness (QED) is 0.449. The maximum atomic E-state index is 5.78. The molecule has 7 nitrogen and oxygen atoms in total. The van der Waals surface area contributed by atoms with Crippen LogP contribution in [0.25, 0.3) is 34.0 Å². The summed E-state index contributed by atoms with van der Waals surface area (Å²) >= 11 is 0. The number of pyridine rings is 1. The molecule has 0 unspecified atom stereocenters. The van der Waals surface area contributed by atoms with Crippen molar-refractivity contribution >= 4 is 11.1 Å². The van der Waals surface area contributed by atoms with Crippen molar-refractivity contribution in [1.82, 2.24) is 20.2 Å². The van der Waals surface area contributed by atoms with Crippen molar-refractivity contribution in [2.24, 2.45) is 0 Å². The van der Waals surface area contributed by atoms with E-state index in [1.165, 1.54) is 0 Å². The summed E-state index contributed by atoms with van der Waals surface area (Å²) in [5.41, 5.74) is 3.07. The topological polar surface area (TPSA) is 87.1 Å². The fourth-order valence-corrected chi connectivity index (χ4v) is 2.76. The van der Waals surface area contributed by atoms with Gasteiger partial charge in [-0.3, -0.25) is 4.98 Å². The number of oxazole rings is 1. The summed E-state index contributed by atoms with van der Waals surface area (Å²) in [6, 6.07) is 18.8. The Morgan fingerprint density at radius 3 is 2.57 bits per heavy atom. The molecule has 5 rings (SSSR count). The minimum Gasteiger partial charge on any atom is -0.484 e. The normalized spacial score (nSPS) is 11.0. The number of hydrogen-bond acceptors (Lipinski definition) is 7. The Kier molecular flexibility index (Phi) is 4.02. The smallest absolute Gasteiger partial charge is 0.254 e. The van der Waals surface area contributed by atoms with Gasteiger partial charge in [0, 0.05) is 24.0 Å². The van der Waals surface area contributed by atoms with Crippen LogP contribution >= 0.6 is 0 Å². The van der Waals surface area contributed by atoms with Crippen molar-refractivity contribution in [2.45, 2.75) is 6.61 Å². The summed E-state index contributed by atoms with van der Waals surface area (Å²) in [5.74, 6) is 2.02. The zero-order chi connectivity index (χ0) is 18.8. The van der Waals surface area contributed by atoms with E-state index in [0.717, 1.165) is 11.1 Å². The highest BCUT2D eigenvalue weighted by atomic mass is 16.5. The lowest BCUT2D eigenvalue weighted by atomic mass is 10.2. The second kappa shape index (κ2) is 6.96. The lowest BCUT2D eigenvalue weighted by Gasteiger charge is -2.02. The Hall–Kier alpha value is -4.00. The van der Waals surface area contributed by atoms with Gasteiger partial charge in [0.1, 0.15) is 11.3 Å². The zero-order valence-corrected chi connectivity index (χ0v) is 14.6. The minimum absolute atomic E-state index is 0.165. The van der Waals surface area contributed by atoms with Gasteiger partial charge < -0.3 is 13.6 Å². The molecule has 0 spiro atoms. The molecule has 0 aliphatic carbocycles. The molecule has 0 N–H and O–H groups in total. The zero-order valence-electron chi connectivity index (χ0n) is 14.6. The van der Waals surface area contributed by atoms with Gasteiger partial charge in [-0.2, -0.15) is 0 Å². The van der Waals surface area contributed by atoms with E-state index < -0.39 is 0 Å². The van der Waals surface area contributed by atoms with Crippen LogP contribution in [0.1, 0.15) is 5.89 Å². The van der Waals surface area contributed by atoms with E-state index in [2.05, 4.69) is 20.2 Å². The van der Waals surface area contributed by atoms with Crippen molar-refractivity contribution in [1.29, 1.82) is 0 Å². The van der Waals surface area contributed by atoms with Crippen LogP contribution in [0.3, 0.4) is 0 Å². The van der Waals surface area contributed by atoms with Gasteiger partial charge >= 0.3 is 0 Å². The van der Waals surface area contributed by atoms with Crippen molar-refractivity contribution in [2.75, 3.05) is 0 Å². The van der Waals surface area contributed by atoms with E-state index in [9.17, 15) is 0 Å². The fourth-order valence-electron chi connectivity index (χ4n) is 2.76. The van der Waals surface area contributed by atoms with Crippen LogP contribution in [-0.2, 0) is 6.61 Å². The van der Waals surface area contributed by atoms with Crippen LogP contribution < -0.4 is 4.74 Å². The molecule has 0 aliphatic heterocycles. The molecule has 0 radical (unpaired) electrons. The average molecular weight is 370 g/mol. The van der Waals surface area contributed by atoms with Gasteiger partial charge in [-0.1, -0.05) is 18.2 Å². The van der Waals surface area contributed by atoms with Crippen LogP contribution in [0.2, 0.25) is 0 Å². The van der Waals surface area contributed by atoms with Crippen molar-refractivity contribution in [3.8, 4) is 28.7 Å². The van der Waals surface area contributed by atoms with Gasteiger partial charge in [0.25, 0.3) is 5.89 Å². The Morgan fingerprint density at radius 2 is 1.71 bits per heavy atom. The third-order valence-corrected chi connectivity index (χ3v) is 4.12. The molecule has 0 aliphatic rings. The van der Waals surface area contributed by atoms with Crippen LogP contribution in [-0.4, -0.2) is 20.2 Å². The molecular weight excluding hydrogens is 356 g/mol. The van der Waals surface area contributed by atoms with Crippen LogP contribution in [0.15, 0.2) is 81.9 Å². The molecule has 0 amide bonds. The highest BCUT2D eigenvalue weighted by Crippen LogP contribution is 2.27. The van der Waals surface area contributed by atoms with Gasteiger partial charge in [-0.15, -0.1) is 10.2 Å². The summed E-state index contributed by atoms with van der Waals surface area (Å²) in [5, 5.41) is 8.09. The summed E-state index contributed by atoms with van der Waals surface area (Å²) in [7, 11) is 0. The SMILES string of the molecule is c1ccc(-c2nnc(COc3ccc4oc(-c5cccnc5)nc4c3)o2)cc1. The average Bonchev–Trinajstić information content (AvgIpc) is 3.40. The van der Waals surface area contributed by atoms with Crippen molar-refractivity contribution in [3.05, 3.63) is 78.9 Å². The Bertz CT molecular complexity index is 1220. The number of aromatic nitrogens is 4. The Morgan fingerprint density at radius 1 is 0.821 bits per heavy atom. The minimum atomic E-state index is 0.165. The first kappa shape index (κ1) is 16.2. The molecule has 5 aromatic rings. The predicted molar refractivity (Wildman–Crippen MR) is 101 cm³/mol. The summed E-state index contributed by atoms with van der Waals surface area (Å²) in [4.78, 5) is 8.59. The number of nitrogens with zero attached hydrogens (tertiary/aromatic N) is 4. The highest BCUT2D eigenvalue weighted by molar-refractivity contribution is 5.77. The molecule has 0 fully saturated rings. The summed E-state index contributed by atoms with van der Waals surface area (Å²) < 4.78 is 17.2. The maximum Gasteiger partial charge on any atom is 0.254 e. The van der Waals surface area contributed by atoms with E-state index in [1.807, 2.05) is 60.7 Å². The molecule has 0 saturated heterocycles. The van der Waals surface area contributed by atoms with Gasteiger partial charge in [-0.25, -0.2) is 4.98 Å². The van der Waals surface area contributed by atoms with Crippen LogP contribution in [0.4, 0.5) is 0 Å². The molecule has 7 heteroatoms. The first-order valence-electron chi connectivity index (χ1n) is 8.67. The first-order chi connectivity index (χ1) is 13.8. The van der Waals surface area contributed by atoms with Crippen molar-refractivity contribution < 1.29 is 13.6 Å². The van der Waals surface area contributed by atoms with Gasteiger partial charge in [0.05, 0.1) is 5.56 Å². The second-order valence-corrected chi connectivity index (χ2v) is 6.05. The molecule has 0 saturated carbocycles. The largest absolute Gasteiger partial charge is 0.484 e. The van der Waals surface area contributed by atoms with Crippen LogP contribution in [0.5, 0.6) is 5.75 Å². The number of rotatable bonds is 5. The monoisotopic (exact) mass is 370 g/mol. The number of fused-ring (bicyclic) bond motifs is 1. The molecule has 0 bridgehead atoms. The predicted octanol–water partition coefficient (Wildman–Crippen LogP) is 4.52. The Balaban J connectivity index is 1.32. The van der Waals surface area contributed by atoms with Gasteiger partial charge in [0.2, 0.25) is 11.8 Å². The third kappa shape index (κ3) is 3.21. The standard InChI is InChI=1S/C21H14N4O3/c1-2-5-14(6-3-1)21-25-24-19(28-21)13-26-16-8-9-18-17(11-16)23-20(27-18)15-7-4-10-22-12-15/h1-12H,13H2. The first-order valence-corrected chi connectivity index (χ1v) is 8.67. The maximum absolute atomic E-state index is 5.78. The summed E-state index contributed by atoms with van der Waals surface area (Å²) in [6.07, 6.45) is 3.42. The molecule has 0 atom stereocenters. The summed E-state index contributed by atoms with van der Waals surface area (Å²) in [6.45, 7) is 0.165. The molecule has 28 heavy (non-hydrogen) atoms. The van der Waals surface area contributed by atoms with E-state index >= 15 is 0 Å². The molecular formula is C21H14N4O3. The van der Waals surface area contributed by atoms with Gasteiger partial charge in [-0.05, 0) is 36.4 Å². The highest BCUT2D eigenvalue weighted by Gasteiger charge is 2.11. The molecule has 136 valence electrons. The number of hydrogen-bond donors (Lipinski definition) is 0. The van der Waals surface area contributed by atoms with E-state index in [-0.39, 0.29) is 6.61 Å². The molecule has 2 aromatic carbocycles. The number of benzene rings is 2. The van der Waals surface area contributed by atoms with E-state index in [1.54, 1.807) is 12.4 Å². The third-order valence-electron chi connectivity index (χ3n) is 4.12. The lowest BCUT2D eigenvalue weighted by Crippen LogP contribution is -1.95. The molecule has 3 aromatic heterocycles. The fraction of sp³-hybridized carbons (Fsp3) is 0.0476. The second-order valence-electron chi connectivity index (χ2n) is 6.05. The lowest BCUT2D eigenvalue weighted by molar-refractivity contribution is 0.265. The van der Waals surface area contributed by atoms with Crippen molar-refractivity contribution in [3.63, 3.8) is 0 Å². The number of ether oxygens (including phenoxy) is 1. The van der Waals surface area contributed by atoms with E-state index in [4.69, 9.17) is 13.6 Å². The van der Waals surface area contributed by atoms with Gasteiger partial charge in [0.15, 0.2) is 12.2 Å². The van der Waals surface area contributed by atoms with E-state index in [0.29, 0.717) is 34.5 Å². The van der Waals surface area contributed by atoms with Crippen LogP contribution in [0, 0.1) is 0 Å². The molecule has 3 heterocycles.